The maximum absolute atomic E-state index is 13.7. The second-order valence-electron chi connectivity index (χ2n) is 12.9. The zero-order chi connectivity index (χ0) is 34.2. The number of ether oxygens (including phenoxy) is 2. The summed E-state index contributed by atoms with van der Waals surface area (Å²) in [5, 5.41) is 13.5. The van der Waals surface area contributed by atoms with E-state index in [9.17, 15) is 4.79 Å². The molecule has 1 aliphatic heterocycles. The Hall–Kier alpha value is -4.21. The van der Waals surface area contributed by atoms with Crippen molar-refractivity contribution in [3.63, 3.8) is 0 Å². The summed E-state index contributed by atoms with van der Waals surface area (Å²) in [6.07, 6.45) is 4.03. The summed E-state index contributed by atoms with van der Waals surface area (Å²) in [5.41, 5.74) is 9.87. The van der Waals surface area contributed by atoms with Crippen LogP contribution in [0.1, 0.15) is 57.2 Å². The van der Waals surface area contributed by atoms with Gasteiger partial charge in [-0.15, -0.1) is 0 Å². The smallest absolute Gasteiger partial charge is 0.354 e. The number of aryl methyl sites for hydroxylation is 7. The summed E-state index contributed by atoms with van der Waals surface area (Å²) in [6.45, 7) is 5.22. The number of fused-ring (bicyclic) bond motifs is 11. The summed E-state index contributed by atoms with van der Waals surface area (Å²) in [6, 6.07) is 19.1. The maximum atomic E-state index is 13.7. The van der Waals surface area contributed by atoms with Crippen molar-refractivity contribution in [2.45, 2.75) is 58.2 Å². The molecule has 0 radical (unpaired) electrons. The minimum absolute atomic E-state index is 0.344. The second-order valence-corrected chi connectivity index (χ2v) is 14.4. The van der Waals surface area contributed by atoms with Crippen LogP contribution in [0, 0.1) is 13.8 Å². The molecule has 1 aliphatic rings. The second kappa shape index (κ2) is 14.0. The summed E-state index contributed by atoms with van der Waals surface area (Å²) in [7, 11) is 5.44. The van der Waals surface area contributed by atoms with Crippen molar-refractivity contribution in [3.05, 3.63) is 99.2 Å². The first-order valence-corrected chi connectivity index (χ1v) is 18.4. The third kappa shape index (κ3) is 6.34. The molecule has 0 saturated heterocycles. The van der Waals surface area contributed by atoms with Crippen molar-refractivity contribution in [3.8, 4) is 16.9 Å². The van der Waals surface area contributed by atoms with E-state index in [2.05, 4.69) is 60.0 Å². The predicted octanol–water partition coefficient (Wildman–Crippen LogP) is 8.42. The minimum atomic E-state index is -0.344. The van der Waals surface area contributed by atoms with Gasteiger partial charge >= 0.3 is 5.97 Å². The largest absolute Gasteiger partial charge is 0.493 e. The average Bonchev–Trinajstić information content (AvgIpc) is 3.69. The number of carbonyl (C=O) groups excluding carboxylic acids is 1. The Morgan fingerprint density at radius 3 is 2.57 bits per heavy atom. The minimum Gasteiger partial charge on any atom is -0.493 e. The molecule has 3 aromatic carbocycles. The quantitative estimate of drug-likeness (QED) is 0.169. The Morgan fingerprint density at radius 1 is 0.939 bits per heavy atom. The van der Waals surface area contributed by atoms with Crippen LogP contribution >= 0.6 is 23.4 Å². The number of rotatable bonds is 2. The van der Waals surface area contributed by atoms with Gasteiger partial charge in [0.15, 0.2) is 0 Å². The molecule has 10 heteroatoms. The fourth-order valence-electron chi connectivity index (χ4n) is 7.35. The van der Waals surface area contributed by atoms with E-state index in [0.29, 0.717) is 30.3 Å². The van der Waals surface area contributed by atoms with Gasteiger partial charge in [-0.25, -0.2) is 4.79 Å². The highest BCUT2D eigenvalue weighted by Gasteiger charge is 2.28. The predicted molar refractivity (Wildman–Crippen MR) is 199 cm³/mol. The van der Waals surface area contributed by atoms with Gasteiger partial charge in [-0.3, -0.25) is 9.36 Å². The van der Waals surface area contributed by atoms with Crippen LogP contribution in [0.4, 0.5) is 0 Å². The first kappa shape index (κ1) is 33.3. The zero-order valence-electron chi connectivity index (χ0n) is 28.8. The highest BCUT2D eigenvalue weighted by molar-refractivity contribution is 7.98. The first-order chi connectivity index (χ1) is 23.7. The van der Waals surface area contributed by atoms with E-state index < -0.39 is 0 Å². The average molecular weight is 696 g/mol. The molecule has 8 nitrogen and oxygen atoms in total. The van der Waals surface area contributed by atoms with Crippen LogP contribution in [0.15, 0.2) is 54.6 Å². The van der Waals surface area contributed by atoms with Crippen molar-refractivity contribution in [2.75, 3.05) is 19.5 Å². The molecule has 0 spiro atoms. The summed E-state index contributed by atoms with van der Waals surface area (Å²) in [4.78, 5) is 13.7. The number of benzene rings is 3. The Morgan fingerprint density at radius 2 is 1.78 bits per heavy atom. The number of thioether (sulfide) groups is 1. The molecule has 7 rings (SSSR count). The number of hydrogen-bond donors (Lipinski definition) is 0. The Labute approximate surface area is 296 Å². The van der Waals surface area contributed by atoms with Gasteiger partial charge in [-0.05, 0) is 86.4 Å². The van der Waals surface area contributed by atoms with Crippen molar-refractivity contribution >= 4 is 51.0 Å². The molecule has 0 saturated carbocycles. The molecule has 0 fully saturated rings. The van der Waals surface area contributed by atoms with Crippen LogP contribution in [0.2, 0.25) is 5.02 Å². The van der Waals surface area contributed by atoms with Crippen LogP contribution in [0.5, 0.6) is 5.75 Å². The fraction of sp³-hybridized carbons (Fsp3) is 0.359. The third-order valence-electron chi connectivity index (χ3n) is 9.75. The van der Waals surface area contributed by atoms with Crippen LogP contribution in [0.3, 0.4) is 0 Å². The number of nitrogens with zero attached hydrogens (tertiary/aromatic N) is 5. The molecule has 0 amide bonds. The van der Waals surface area contributed by atoms with E-state index in [0.717, 1.165) is 93.0 Å². The SMILES string of the molecule is COC(=O)c1c2c3ccc(Cl)c(-c4c(C)nn(C)c4C)c3n1CCCSCc1cc(n(C)n1)CCc1cc(c3ccccc3c1)OCCC2. The van der Waals surface area contributed by atoms with Crippen LogP contribution in [-0.4, -0.2) is 49.6 Å². The lowest BCUT2D eigenvalue weighted by Gasteiger charge is -2.14. The molecule has 6 aromatic rings. The summed E-state index contributed by atoms with van der Waals surface area (Å²) in [5.74, 6) is 2.28. The first-order valence-electron chi connectivity index (χ1n) is 16.9. The molecular weight excluding hydrogens is 654 g/mol. The Balaban J connectivity index is 1.35. The van der Waals surface area contributed by atoms with Gasteiger partial charge in [0.25, 0.3) is 0 Å². The number of methoxy groups -OCH3 is 1. The number of hydrogen-bond acceptors (Lipinski definition) is 6. The summed E-state index contributed by atoms with van der Waals surface area (Å²) < 4.78 is 18.1. The molecule has 3 aromatic heterocycles. The summed E-state index contributed by atoms with van der Waals surface area (Å²) >= 11 is 8.93. The van der Waals surface area contributed by atoms with E-state index in [1.807, 2.05) is 48.2 Å². The number of halogens is 1. The molecule has 49 heavy (non-hydrogen) atoms. The van der Waals surface area contributed by atoms with Gasteiger partial charge < -0.3 is 14.0 Å². The standard InChI is InChI=1S/C39H42ClN5O3S/c1-24-35(25(2)43(3)41-24)36-33(40)16-15-32-31-12-8-18-48-34-21-26(20-27-10-6-7-11-30(27)34)13-14-29-22-28(42-44(29)4)23-49-19-9-17-45(37(32)36)38(31)39(46)47-5/h6-7,10-11,15-16,20-22H,8-9,12-14,17-19,23H2,1-5H3. The molecule has 0 unspecified atom stereocenters. The van der Waals surface area contributed by atoms with Gasteiger partial charge in [0.05, 0.1) is 35.6 Å². The zero-order valence-corrected chi connectivity index (χ0v) is 30.4. The van der Waals surface area contributed by atoms with E-state index in [1.54, 1.807) is 0 Å². The van der Waals surface area contributed by atoms with Crippen LogP contribution in [0.25, 0.3) is 32.8 Å². The van der Waals surface area contributed by atoms with Gasteiger partial charge in [-0.1, -0.05) is 48.0 Å². The van der Waals surface area contributed by atoms with E-state index in [-0.39, 0.29) is 5.97 Å². The normalized spacial score (nSPS) is 14.6. The number of aromatic nitrogens is 5. The third-order valence-corrected chi connectivity index (χ3v) is 11.1. The van der Waals surface area contributed by atoms with Crippen molar-refractivity contribution in [1.29, 1.82) is 0 Å². The highest BCUT2D eigenvalue weighted by atomic mass is 35.5. The number of carbonyl (C=O) groups is 1. The lowest BCUT2D eigenvalue weighted by atomic mass is 9.98. The topological polar surface area (TPSA) is 76.1 Å². The molecule has 0 atom stereocenters. The highest BCUT2D eigenvalue weighted by Crippen LogP contribution is 2.42. The van der Waals surface area contributed by atoms with Gasteiger partial charge in [0.1, 0.15) is 11.4 Å². The Kier molecular flexibility index (Phi) is 9.48. The molecular formula is C39H42ClN5O3S. The number of esters is 1. The maximum Gasteiger partial charge on any atom is 0.354 e. The van der Waals surface area contributed by atoms with Crippen LogP contribution < -0.4 is 4.74 Å². The van der Waals surface area contributed by atoms with E-state index in [1.165, 1.54) is 23.8 Å². The molecule has 254 valence electrons. The molecule has 0 aliphatic carbocycles. The van der Waals surface area contributed by atoms with Crippen molar-refractivity contribution < 1.29 is 14.3 Å². The van der Waals surface area contributed by atoms with Gasteiger partial charge in [0.2, 0.25) is 0 Å². The van der Waals surface area contributed by atoms with E-state index >= 15 is 0 Å². The molecule has 0 N–H and O–H groups in total. The Bertz CT molecular complexity index is 2200. The molecule has 4 heterocycles. The monoisotopic (exact) mass is 695 g/mol. The van der Waals surface area contributed by atoms with Crippen LogP contribution in [-0.2, 0) is 50.4 Å². The van der Waals surface area contributed by atoms with Crippen molar-refractivity contribution in [2.24, 2.45) is 14.1 Å². The van der Waals surface area contributed by atoms with Gasteiger partial charge in [-0.2, -0.15) is 22.0 Å². The fourth-order valence-corrected chi connectivity index (χ4v) is 8.43. The molecule has 6 bridgehead atoms. The van der Waals surface area contributed by atoms with Gasteiger partial charge in [0, 0.05) is 59.7 Å². The lowest BCUT2D eigenvalue weighted by molar-refractivity contribution is 0.0587. The van der Waals surface area contributed by atoms with Crippen molar-refractivity contribution in [1.82, 2.24) is 24.1 Å². The van der Waals surface area contributed by atoms with E-state index in [4.69, 9.17) is 31.3 Å². The lowest BCUT2D eigenvalue weighted by Crippen LogP contribution is -2.14.